The molecule has 0 aliphatic carbocycles. The van der Waals surface area contributed by atoms with Crippen LogP contribution < -0.4 is 0 Å². The van der Waals surface area contributed by atoms with Gasteiger partial charge in [0.1, 0.15) is 5.70 Å². The third-order valence-electron chi connectivity index (χ3n) is 2.26. The van der Waals surface area contributed by atoms with Crippen LogP contribution >= 0.6 is 0 Å². The molecule has 2 heterocycles. The average Bonchev–Trinajstić information content (AvgIpc) is 2.07. The van der Waals surface area contributed by atoms with E-state index in [1.165, 1.54) is 0 Å². The van der Waals surface area contributed by atoms with Gasteiger partial charge in [0.25, 0.3) is 0 Å². The minimum Gasteiger partial charge on any atom is -0.477 e. The Morgan fingerprint density at radius 3 is 2.90 bits per heavy atom. The van der Waals surface area contributed by atoms with Crippen LogP contribution in [0.1, 0.15) is 12.8 Å². The largest absolute Gasteiger partial charge is 0.477 e. The van der Waals surface area contributed by atoms with Crippen LogP contribution in [-0.2, 0) is 4.79 Å². The molecule has 1 saturated heterocycles. The number of carboxylic acids is 1. The van der Waals surface area contributed by atoms with Crippen molar-refractivity contribution in [3.8, 4) is 0 Å². The minimum atomic E-state index is -0.776. The van der Waals surface area contributed by atoms with Gasteiger partial charge >= 0.3 is 5.97 Å². The van der Waals surface area contributed by atoms with E-state index in [9.17, 15) is 4.79 Å². The normalized spacial score (nSPS) is 29.0. The van der Waals surface area contributed by atoms with Gasteiger partial charge in [0.15, 0.2) is 0 Å². The quantitative estimate of drug-likeness (QED) is 0.572. The number of hydrogen-bond acceptors (Lipinski definition) is 2. The van der Waals surface area contributed by atoms with Crippen molar-refractivity contribution in [2.45, 2.75) is 18.9 Å². The van der Waals surface area contributed by atoms with Crippen LogP contribution in [0.2, 0.25) is 0 Å². The summed E-state index contributed by atoms with van der Waals surface area (Å²) >= 11 is 0. The highest BCUT2D eigenvalue weighted by Gasteiger charge is 2.36. The summed E-state index contributed by atoms with van der Waals surface area (Å²) in [7, 11) is 0. The van der Waals surface area contributed by atoms with Gasteiger partial charge in [0.05, 0.1) is 0 Å². The molecule has 2 rings (SSSR count). The Labute approximate surface area is 58.9 Å². The van der Waals surface area contributed by atoms with Gasteiger partial charge in [-0.3, -0.25) is 0 Å². The van der Waals surface area contributed by atoms with E-state index in [0.29, 0.717) is 11.7 Å². The van der Waals surface area contributed by atoms with Gasteiger partial charge in [-0.05, 0) is 12.8 Å². The summed E-state index contributed by atoms with van der Waals surface area (Å²) in [6.45, 7) is 0.933. The molecular formula is C7H9NO2. The smallest absolute Gasteiger partial charge is 0.351 e. The second-order valence-electron chi connectivity index (χ2n) is 2.77. The molecule has 1 N–H and O–H groups in total. The summed E-state index contributed by atoms with van der Waals surface area (Å²) in [6.07, 6.45) is 3.91. The summed E-state index contributed by atoms with van der Waals surface area (Å²) in [5.41, 5.74) is 0.510. The van der Waals surface area contributed by atoms with E-state index >= 15 is 0 Å². The third-order valence-corrected chi connectivity index (χ3v) is 2.26. The Kier molecular flexibility index (Phi) is 1.01. The van der Waals surface area contributed by atoms with Gasteiger partial charge in [0.2, 0.25) is 0 Å². The Morgan fingerprint density at radius 2 is 2.60 bits per heavy atom. The zero-order chi connectivity index (χ0) is 7.14. The molecule has 1 unspecified atom stereocenters. The summed E-state index contributed by atoms with van der Waals surface area (Å²) in [4.78, 5) is 12.4. The topological polar surface area (TPSA) is 40.5 Å². The lowest BCUT2D eigenvalue weighted by molar-refractivity contribution is -0.135. The average molecular weight is 139 g/mol. The van der Waals surface area contributed by atoms with Gasteiger partial charge in [-0.1, -0.05) is 6.08 Å². The van der Waals surface area contributed by atoms with Crippen LogP contribution in [0.3, 0.4) is 0 Å². The third kappa shape index (κ3) is 0.574. The van der Waals surface area contributed by atoms with Crippen LogP contribution in [0.15, 0.2) is 11.8 Å². The number of nitrogens with zero attached hydrogens (tertiary/aromatic N) is 1. The number of carbonyl (C=O) groups is 1. The van der Waals surface area contributed by atoms with Crippen molar-refractivity contribution >= 4 is 5.97 Å². The molecule has 1 fully saturated rings. The van der Waals surface area contributed by atoms with Gasteiger partial charge in [-0.25, -0.2) is 4.79 Å². The van der Waals surface area contributed by atoms with E-state index in [1.807, 2.05) is 11.0 Å². The van der Waals surface area contributed by atoms with E-state index in [-0.39, 0.29) is 0 Å². The van der Waals surface area contributed by atoms with Crippen molar-refractivity contribution in [2.24, 2.45) is 0 Å². The van der Waals surface area contributed by atoms with Gasteiger partial charge in [0, 0.05) is 12.6 Å². The number of carboxylic acid groups (broad SMARTS) is 1. The second kappa shape index (κ2) is 1.75. The van der Waals surface area contributed by atoms with Crippen molar-refractivity contribution in [3.05, 3.63) is 11.8 Å². The Morgan fingerprint density at radius 1 is 1.80 bits per heavy atom. The van der Waals surface area contributed by atoms with E-state index in [1.54, 1.807) is 0 Å². The maximum atomic E-state index is 10.5. The van der Waals surface area contributed by atoms with Crippen LogP contribution in [0.4, 0.5) is 0 Å². The summed E-state index contributed by atoms with van der Waals surface area (Å²) < 4.78 is 0. The first-order chi connectivity index (χ1) is 4.79. The molecule has 0 spiro atoms. The van der Waals surface area contributed by atoms with Crippen molar-refractivity contribution in [3.63, 3.8) is 0 Å². The molecule has 0 aromatic heterocycles. The molecule has 3 nitrogen and oxygen atoms in total. The number of hydrogen-bond donors (Lipinski definition) is 1. The molecule has 2 aliphatic rings. The van der Waals surface area contributed by atoms with Crippen molar-refractivity contribution < 1.29 is 9.90 Å². The molecule has 54 valence electrons. The SMILES string of the molecule is O=C(O)C1=CCC2CCN12. The predicted octanol–water partition coefficient (Wildman–Crippen LogP) is 0.433. The highest BCUT2D eigenvalue weighted by molar-refractivity contribution is 5.86. The van der Waals surface area contributed by atoms with E-state index in [2.05, 4.69) is 0 Å². The Bertz CT molecular complexity index is 210. The van der Waals surface area contributed by atoms with Crippen LogP contribution in [0, 0.1) is 0 Å². The van der Waals surface area contributed by atoms with Crippen LogP contribution in [0.5, 0.6) is 0 Å². The summed E-state index contributed by atoms with van der Waals surface area (Å²) in [5.74, 6) is -0.776. The molecule has 3 heteroatoms. The zero-order valence-electron chi connectivity index (χ0n) is 5.58. The van der Waals surface area contributed by atoms with E-state index < -0.39 is 5.97 Å². The fraction of sp³-hybridized carbons (Fsp3) is 0.571. The maximum Gasteiger partial charge on any atom is 0.351 e. The first-order valence-electron chi connectivity index (χ1n) is 3.49. The fourth-order valence-corrected chi connectivity index (χ4v) is 1.58. The molecule has 1 atom stereocenters. The maximum absolute atomic E-state index is 10.5. The number of aliphatic carboxylic acids is 1. The molecular weight excluding hydrogens is 130 g/mol. The number of fused-ring (bicyclic) bond motifs is 1. The lowest BCUT2D eigenvalue weighted by Crippen LogP contribution is -2.44. The predicted molar refractivity (Wildman–Crippen MR) is 35.4 cm³/mol. The Hall–Kier alpha value is -0.990. The molecule has 0 aromatic carbocycles. The minimum absolute atomic E-state index is 0.510. The fourth-order valence-electron chi connectivity index (χ4n) is 1.58. The molecule has 0 aromatic rings. The van der Waals surface area contributed by atoms with E-state index in [4.69, 9.17) is 5.11 Å². The van der Waals surface area contributed by atoms with Crippen molar-refractivity contribution in [1.82, 2.24) is 4.90 Å². The lowest BCUT2D eigenvalue weighted by atomic mass is 10.0. The summed E-state index contributed by atoms with van der Waals surface area (Å²) in [6, 6.07) is 0.520. The monoisotopic (exact) mass is 139 g/mol. The van der Waals surface area contributed by atoms with Gasteiger partial charge in [-0.15, -0.1) is 0 Å². The molecule has 0 amide bonds. The highest BCUT2D eigenvalue weighted by atomic mass is 16.4. The van der Waals surface area contributed by atoms with Crippen LogP contribution in [0.25, 0.3) is 0 Å². The molecule has 2 aliphatic heterocycles. The molecule has 0 saturated carbocycles. The first kappa shape index (κ1) is 5.77. The molecule has 10 heavy (non-hydrogen) atoms. The van der Waals surface area contributed by atoms with Crippen molar-refractivity contribution in [2.75, 3.05) is 6.54 Å². The first-order valence-corrected chi connectivity index (χ1v) is 3.49. The van der Waals surface area contributed by atoms with Gasteiger partial charge in [-0.2, -0.15) is 0 Å². The second-order valence-corrected chi connectivity index (χ2v) is 2.77. The van der Waals surface area contributed by atoms with Gasteiger partial charge < -0.3 is 10.0 Å². The Balaban J connectivity index is 2.16. The molecule has 0 bridgehead atoms. The zero-order valence-corrected chi connectivity index (χ0v) is 5.58. The molecule has 0 radical (unpaired) electrons. The standard InChI is InChI=1S/C7H9NO2/c9-7(10)6-2-1-5-3-4-8(5)6/h2,5H,1,3-4H2,(H,9,10). The lowest BCUT2D eigenvalue weighted by Gasteiger charge is -2.37. The summed E-state index contributed by atoms with van der Waals surface area (Å²) in [5, 5.41) is 8.63. The van der Waals surface area contributed by atoms with Crippen LogP contribution in [-0.4, -0.2) is 28.6 Å². The van der Waals surface area contributed by atoms with E-state index in [0.717, 1.165) is 19.4 Å². The van der Waals surface area contributed by atoms with Crippen molar-refractivity contribution in [1.29, 1.82) is 0 Å². The highest BCUT2D eigenvalue weighted by Crippen LogP contribution is 2.31. The number of rotatable bonds is 1.